The van der Waals surface area contributed by atoms with Gasteiger partial charge in [0.25, 0.3) is 0 Å². The molecule has 2 saturated heterocycles. The zero-order valence-corrected chi connectivity index (χ0v) is 15.9. The number of benzene rings is 1. The zero-order valence-electron chi connectivity index (χ0n) is 15.9. The fraction of sp³-hybridized carbons (Fsp3) is 0.619. The Morgan fingerprint density at radius 1 is 1.25 bits per heavy atom. The van der Waals surface area contributed by atoms with E-state index in [9.17, 15) is 14.7 Å². The van der Waals surface area contributed by atoms with Crippen molar-refractivity contribution in [3.63, 3.8) is 0 Å². The molecule has 1 aliphatic carbocycles. The number of amides is 1. The van der Waals surface area contributed by atoms with Crippen molar-refractivity contribution in [2.24, 2.45) is 17.3 Å². The largest absolute Gasteiger partial charge is 0.481 e. The summed E-state index contributed by atoms with van der Waals surface area (Å²) in [6, 6.07) is 9.52. The highest BCUT2D eigenvalue weighted by Gasteiger charge is 2.70. The van der Waals surface area contributed by atoms with Gasteiger partial charge in [0, 0.05) is 25.1 Å². The Labute approximate surface area is 164 Å². The minimum Gasteiger partial charge on any atom is -0.481 e. The first-order chi connectivity index (χ1) is 13.6. The van der Waals surface area contributed by atoms with Gasteiger partial charge in [-0.3, -0.25) is 4.79 Å². The molecule has 1 amide bonds. The first-order valence-corrected chi connectivity index (χ1v) is 9.98. The van der Waals surface area contributed by atoms with E-state index in [1.165, 1.54) is 0 Å². The fourth-order valence-electron chi connectivity index (χ4n) is 4.72. The third-order valence-electron chi connectivity index (χ3n) is 6.28. The normalized spacial score (nSPS) is 31.7. The molecule has 28 heavy (non-hydrogen) atoms. The van der Waals surface area contributed by atoms with Crippen molar-refractivity contribution < 1.29 is 28.9 Å². The quantitative estimate of drug-likeness (QED) is 0.805. The third-order valence-corrected chi connectivity index (χ3v) is 6.28. The Morgan fingerprint density at radius 3 is 2.79 bits per heavy atom. The lowest BCUT2D eigenvalue weighted by Crippen LogP contribution is -2.44. The molecule has 3 fully saturated rings. The number of hydrogen-bond donors (Lipinski definition) is 1. The van der Waals surface area contributed by atoms with Gasteiger partial charge < -0.3 is 24.2 Å². The number of likely N-dealkylation sites (tertiary alicyclic amines) is 1. The minimum absolute atomic E-state index is 0.0132. The predicted molar refractivity (Wildman–Crippen MR) is 99.7 cm³/mol. The van der Waals surface area contributed by atoms with Crippen LogP contribution in [0, 0.1) is 17.3 Å². The topological polar surface area (TPSA) is 85.3 Å². The first kappa shape index (κ1) is 19.2. The van der Waals surface area contributed by atoms with Gasteiger partial charge in [0.05, 0.1) is 25.2 Å². The average Bonchev–Trinajstić information content (AvgIpc) is 3.40. The minimum atomic E-state index is -0.798. The standard InChI is InChI=1S/C21H27NO6/c23-19(24)18-17-8-9-22(20(25)27-11-15-5-2-1-3-6-15)13-21(17,18)14-28-16-7-4-10-26-12-16/h1-3,5-6,16-18H,4,7-14H2,(H,23,24). The molecule has 152 valence electrons. The number of hydrogen-bond acceptors (Lipinski definition) is 5. The van der Waals surface area contributed by atoms with Crippen LogP contribution in [0.2, 0.25) is 0 Å². The van der Waals surface area contributed by atoms with Crippen molar-refractivity contribution in [2.75, 3.05) is 32.9 Å². The summed E-state index contributed by atoms with van der Waals surface area (Å²) in [6.07, 6.45) is 2.18. The van der Waals surface area contributed by atoms with Crippen LogP contribution in [-0.4, -0.2) is 61.1 Å². The van der Waals surface area contributed by atoms with Gasteiger partial charge in [0.2, 0.25) is 0 Å². The van der Waals surface area contributed by atoms with Crippen LogP contribution in [0.15, 0.2) is 30.3 Å². The van der Waals surface area contributed by atoms with Gasteiger partial charge in [-0.05, 0) is 30.7 Å². The number of carbonyl (C=O) groups is 2. The molecule has 1 saturated carbocycles. The average molecular weight is 389 g/mol. The second-order valence-electron chi connectivity index (χ2n) is 8.06. The lowest BCUT2D eigenvalue weighted by Gasteiger charge is -2.33. The summed E-state index contributed by atoms with van der Waals surface area (Å²) in [5.41, 5.74) is 0.420. The van der Waals surface area contributed by atoms with Gasteiger partial charge in [-0.15, -0.1) is 0 Å². The smallest absolute Gasteiger partial charge is 0.410 e. The Kier molecular flexibility index (Phi) is 5.55. The number of carboxylic acids is 1. The molecule has 7 nitrogen and oxygen atoms in total. The Morgan fingerprint density at radius 2 is 2.07 bits per heavy atom. The highest BCUT2D eigenvalue weighted by atomic mass is 16.6. The molecule has 4 rings (SSSR count). The monoisotopic (exact) mass is 389 g/mol. The third kappa shape index (κ3) is 3.86. The van der Waals surface area contributed by atoms with Crippen LogP contribution < -0.4 is 0 Å². The van der Waals surface area contributed by atoms with Crippen molar-refractivity contribution in [3.8, 4) is 0 Å². The molecule has 1 aromatic carbocycles. The molecule has 1 aromatic rings. The summed E-state index contributed by atoms with van der Waals surface area (Å²) in [4.78, 5) is 26.0. The molecule has 1 N–H and O–H groups in total. The number of ether oxygens (including phenoxy) is 3. The number of piperidine rings is 1. The molecular weight excluding hydrogens is 362 g/mol. The molecule has 0 bridgehead atoms. The van der Waals surface area contributed by atoms with Gasteiger partial charge in [-0.2, -0.15) is 0 Å². The van der Waals surface area contributed by atoms with E-state index >= 15 is 0 Å². The van der Waals surface area contributed by atoms with E-state index in [-0.39, 0.29) is 18.6 Å². The van der Waals surface area contributed by atoms with Gasteiger partial charge in [0.15, 0.2) is 0 Å². The molecular formula is C21H27NO6. The molecule has 2 aliphatic heterocycles. The van der Waals surface area contributed by atoms with Crippen molar-refractivity contribution >= 4 is 12.1 Å². The molecule has 0 radical (unpaired) electrons. The van der Waals surface area contributed by atoms with E-state index < -0.39 is 23.4 Å². The summed E-state index contributed by atoms with van der Waals surface area (Å²) in [6.45, 7) is 2.77. The van der Waals surface area contributed by atoms with E-state index in [0.717, 1.165) is 25.0 Å². The molecule has 0 spiro atoms. The maximum absolute atomic E-state index is 12.6. The van der Waals surface area contributed by atoms with Crippen LogP contribution in [0.3, 0.4) is 0 Å². The summed E-state index contributed by atoms with van der Waals surface area (Å²) in [5, 5.41) is 9.65. The van der Waals surface area contributed by atoms with Crippen LogP contribution in [0.1, 0.15) is 24.8 Å². The highest BCUT2D eigenvalue weighted by molar-refractivity contribution is 5.77. The number of aliphatic carboxylic acids is 1. The van der Waals surface area contributed by atoms with Gasteiger partial charge in [-0.1, -0.05) is 30.3 Å². The Balaban J connectivity index is 1.36. The van der Waals surface area contributed by atoms with Gasteiger partial charge in [-0.25, -0.2) is 4.79 Å². The second-order valence-corrected chi connectivity index (χ2v) is 8.06. The zero-order chi connectivity index (χ0) is 19.6. The van der Waals surface area contributed by atoms with E-state index in [0.29, 0.717) is 32.7 Å². The molecule has 0 aromatic heterocycles. The highest BCUT2D eigenvalue weighted by Crippen LogP contribution is 2.63. The Bertz CT molecular complexity index is 704. The van der Waals surface area contributed by atoms with Crippen LogP contribution in [-0.2, 0) is 25.6 Å². The fourth-order valence-corrected chi connectivity index (χ4v) is 4.72. The maximum atomic E-state index is 12.6. The van der Waals surface area contributed by atoms with Crippen molar-refractivity contribution in [1.82, 2.24) is 4.90 Å². The van der Waals surface area contributed by atoms with Crippen molar-refractivity contribution in [2.45, 2.75) is 32.0 Å². The lowest BCUT2D eigenvalue weighted by molar-refractivity contribution is -0.140. The lowest BCUT2D eigenvalue weighted by atomic mass is 9.97. The molecule has 4 unspecified atom stereocenters. The number of carbonyl (C=O) groups excluding carboxylic acids is 1. The molecule has 2 heterocycles. The number of rotatable bonds is 6. The van der Waals surface area contributed by atoms with Crippen LogP contribution in [0.4, 0.5) is 4.79 Å². The van der Waals surface area contributed by atoms with Crippen LogP contribution in [0.25, 0.3) is 0 Å². The van der Waals surface area contributed by atoms with E-state index in [1.54, 1.807) is 4.90 Å². The van der Waals surface area contributed by atoms with Gasteiger partial charge in [0.1, 0.15) is 6.61 Å². The van der Waals surface area contributed by atoms with Crippen molar-refractivity contribution in [3.05, 3.63) is 35.9 Å². The summed E-state index contributed by atoms with van der Waals surface area (Å²) in [7, 11) is 0. The SMILES string of the molecule is O=C(O)C1C2CCN(C(=O)OCc3ccccc3)CC21COC1CCCOC1. The van der Waals surface area contributed by atoms with Crippen LogP contribution >= 0.6 is 0 Å². The number of fused-ring (bicyclic) bond motifs is 1. The summed E-state index contributed by atoms with van der Waals surface area (Å²) in [5.74, 6) is -1.19. The molecule has 7 heteroatoms. The van der Waals surface area contributed by atoms with Crippen molar-refractivity contribution in [1.29, 1.82) is 0 Å². The Hall–Kier alpha value is -2.12. The second kappa shape index (κ2) is 8.09. The molecule has 3 aliphatic rings. The predicted octanol–water partition coefficient (Wildman–Crippen LogP) is 2.54. The van der Waals surface area contributed by atoms with Gasteiger partial charge >= 0.3 is 12.1 Å². The van der Waals surface area contributed by atoms with E-state index in [2.05, 4.69) is 0 Å². The number of carboxylic acid groups (broad SMARTS) is 1. The first-order valence-electron chi connectivity index (χ1n) is 9.98. The van der Waals surface area contributed by atoms with E-state index in [1.807, 2.05) is 30.3 Å². The summed E-state index contributed by atoms with van der Waals surface area (Å²) >= 11 is 0. The number of nitrogens with zero attached hydrogens (tertiary/aromatic N) is 1. The van der Waals surface area contributed by atoms with Crippen LogP contribution in [0.5, 0.6) is 0 Å². The maximum Gasteiger partial charge on any atom is 0.410 e. The molecule has 4 atom stereocenters. The van der Waals surface area contributed by atoms with E-state index in [4.69, 9.17) is 14.2 Å². The summed E-state index contributed by atoms with van der Waals surface area (Å²) < 4.78 is 16.9.